The van der Waals surface area contributed by atoms with Crippen molar-refractivity contribution in [2.24, 2.45) is 4.74 Å². The van der Waals surface area contributed by atoms with Gasteiger partial charge in [-0.15, -0.1) is 0 Å². The predicted octanol–water partition coefficient (Wildman–Crippen LogP) is 8.52. The Kier molecular flexibility index (Phi) is 8.53. The maximum absolute atomic E-state index is 11.7. The molecule has 3 nitrogen and oxygen atoms in total. The first kappa shape index (κ1) is 28.3. The lowest BCUT2D eigenvalue weighted by Gasteiger charge is -2.37. The molecule has 0 radical (unpaired) electrons. The highest BCUT2D eigenvalue weighted by atomic mass is 31.2. The van der Waals surface area contributed by atoms with E-state index in [0.717, 1.165) is 37.6 Å². The average molecular weight is 592 g/mol. The van der Waals surface area contributed by atoms with Crippen LogP contribution in [0.1, 0.15) is 0 Å². The number of benzene rings is 6. The number of nitrogens with one attached hydrogen (secondary N) is 1. The van der Waals surface area contributed by atoms with Gasteiger partial charge in [-0.05, 0) is 34.9 Å². The van der Waals surface area contributed by atoms with Crippen LogP contribution < -0.4 is 26.3 Å². The highest BCUT2D eigenvalue weighted by Crippen LogP contribution is 2.61. The zero-order valence-electron chi connectivity index (χ0n) is 23.6. The summed E-state index contributed by atoms with van der Waals surface area (Å²) in [5.41, 5.74) is 1.80. The van der Waals surface area contributed by atoms with E-state index in [-0.39, 0.29) is 0 Å². The SMILES string of the molecule is N#CC(P(=Nc1ccccc1)(c1ccccc1)c1ccccc1)=P(Nc1ccccc1)(c1ccccc1)c1ccccc1. The molecular formula is C38H31N3P2. The Morgan fingerprint density at radius 3 is 1.21 bits per heavy atom. The number of nitriles is 1. The molecule has 0 bridgehead atoms. The van der Waals surface area contributed by atoms with Gasteiger partial charge < -0.3 is 5.09 Å². The fourth-order valence-electron chi connectivity index (χ4n) is 5.46. The van der Waals surface area contributed by atoms with Crippen molar-refractivity contribution in [3.63, 3.8) is 0 Å². The highest BCUT2D eigenvalue weighted by molar-refractivity contribution is 8.11. The first-order chi connectivity index (χ1) is 21.3. The van der Waals surface area contributed by atoms with Crippen LogP contribution in [0.15, 0.2) is 187 Å². The van der Waals surface area contributed by atoms with Crippen LogP contribution in [0.5, 0.6) is 0 Å². The summed E-state index contributed by atoms with van der Waals surface area (Å²) in [6, 6.07) is 64.9. The molecule has 0 atom stereocenters. The van der Waals surface area contributed by atoms with Crippen LogP contribution >= 0.6 is 14.1 Å². The number of hydrogen-bond acceptors (Lipinski definition) is 3. The van der Waals surface area contributed by atoms with E-state index < -0.39 is 14.1 Å². The molecule has 0 aliphatic rings. The summed E-state index contributed by atoms with van der Waals surface area (Å²) >= 11 is 0. The van der Waals surface area contributed by atoms with Crippen molar-refractivity contribution in [2.75, 3.05) is 5.09 Å². The molecule has 0 aliphatic heterocycles. The zero-order valence-corrected chi connectivity index (χ0v) is 25.4. The normalized spacial score (nSPS) is 11.2. The van der Waals surface area contributed by atoms with Crippen molar-refractivity contribution in [1.82, 2.24) is 0 Å². The summed E-state index contributed by atoms with van der Waals surface area (Å²) in [5, 5.41) is 20.7. The van der Waals surface area contributed by atoms with Crippen molar-refractivity contribution in [2.45, 2.75) is 0 Å². The zero-order chi connectivity index (χ0) is 29.4. The van der Waals surface area contributed by atoms with E-state index in [4.69, 9.17) is 4.74 Å². The molecule has 0 fully saturated rings. The molecule has 0 unspecified atom stereocenters. The van der Waals surface area contributed by atoms with E-state index in [2.05, 4.69) is 120 Å². The monoisotopic (exact) mass is 591 g/mol. The number of para-hydroxylation sites is 1. The Balaban J connectivity index is 1.92. The molecule has 6 aromatic rings. The van der Waals surface area contributed by atoms with E-state index in [1.54, 1.807) is 0 Å². The molecule has 43 heavy (non-hydrogen) atoms. The van der Waals surface area contributed by atoms with Gasteiger partial charge in [-0.3, -0.25) is 4.74 Å². The Hall–Kier alpha value is -4.86. The van der Waals surface area contributed by atoms with Crippen molar-refractivity contribution >= 4 is 51.7 Å². The minimum Gasteiger partial charge on any atom is -0.358 e. The Labute approximate surface area is 254 Å². The van der Waals surface area contributed by atoms with Crippen LogP contribution in [0.25, 0.3) is 0 Å². The van der Waals surface area contributed by atoms with E-state index >= 15 is 0 Å². The standard InChI is InChI=1S/C38H31N3P2/c39-31-38(42(34-23-11-3-12-24-34,35-25-13-4-14-26-35)40-32-19-7-1-8-20-32)43(36-27-15-5-16-28-36,37-29-17-6-18-30-37)41-33-21-9-2-10-22-33/h1-30,40H. The summed E-state index contributed by atoms with van der Waals surface area (Å²) in [5.74, 6) is 0. The lowest BCUT2D eigenvalue weighted by molar-refractivity contribution is 1.55. The molecular weight excluding hydrogens is 560 g/mol. The van der Waals surface area contributed by atoms with E-state index in [0.29, 0.717) is 0 Å². The van der Waals surface area contributed by atoms with Gasteiger partial charge in [0.25, 0.3) is 0 Å². The van der Waals surface area contributed by atoms with E-state index in [9.17, 15) is 5.26 Å². The van der Waals surface area contributed by atoms with Gasteiger partial charge in [-0.2, -0.15) is 5.26 Å². The third kappa shape index (κ3) is 5.52. The molecule has 0 saturated carbocycles. The molecule has 0 amide bonds. The second kappa shape index (κ2) is 13.0. The van der Waals surface area contributed by atoms with Crippen molar-refractivity contribution < 1.29 is 0 Å². The summed E-state index contributed by atoms with van der Waals surface area (Å²) in [6.07, 6.45) is 0. The fourth-order valence-corrected chi connectivity index (χ4v) is 14.9. The van der Waals surface area contributed by atoms with Crippen molar-refractivity contribution in [1.29, 1.82) is 5.26 Å². The van der Waals surface area contributed by atoms with Crippen LogP contribution in [-0.2, 0) is 0 Å². The second-order valence-electron chi connectivity index (χ2n) is 10.00. The van der Waals surface area contributed by atoms with Gasteiger partial charge >= 0.3 is 0 Å². The largest absolute Gasteiger partial charge is 0.358 e. The Bertz CT molecular complexity index is 1850. The highest BCUT2D eigenvalue weighted by Gasteiger charge is 2.39. The summed E-state index contributed by atoms with van der Waals surface area (Å²) in [7, 11) is -5.82. The molecule has 0 heterocycles. The molecule has 0 aromatic heterocycles. The summed E-state index contributed by atoms with van der Waals surface area (Å²) in [4.78, 5) is 0. The number of nitrogens with zero attached hydrogens (tertiary/aromatic N) is 2. The molecule has 6 aromatic carbocycles. The Morgan fingerprint density at radius 2 is 0.814 bits per heavy atom. The van der Waals surface area contributed by atoms with Gasteiger partial charge in [-0.1, -0.05) is 158 Å². The molecule has 0 saturated heterocycles. The van der Waals surface area contributed by atoms with Crippen LogP contribution in [0, 0.1) is 11.3 Å². The quantitative estimate of drug-likeness (QED) is 0.180. The lowest BCUT2D eigenvalue weighted by Crippen LogP contribution is -2.31. The predicted molar refractivity (Wildman–Crippen MR) is 187 cm³/mol. The molecule has 0 aliphatic carbocycles. The first-order valence-corrected chi connectivity index (χ1v) is 17.7. The van der Waals surface area contributed by atoms with Crippen LogP contribution in [-0.4, -0.2) is 5.03 Å². The topological polar surface area (TPSA) is 48.2 Å². The van der Waals surface area contributed by atoms with Crippen molar-refractivity contribution in [3.05, 3.63) is 182 Å². The smallest absolute Gasteiger partial charge is 0.104 e. The number of anilines is 1. The molecule has 1 N–H and O–H groups in total. The maximum atomic E-state index is 11.7. The fraction of sp³-hybridized carbons (Fsp3) is 0. The van der Waals surface area contributed by atoms with Gasteiger partial charge in [0.1, 0.15) is 11.1 Å². The second-order valence-corrected chi connectivity index (χ2v) is 16.3. The molecule has 208 valence electrons. The van der Waals surface area contributed by atoms with Gasteiger partial charge in [0.2, 0.25) is 0 Å². The third-order valence-corrected chi connectivity index (χ3v) is 15.9. The van der Waals surface area contributed by atoms with Crippen LogP contribution in [0.2, 0.25) is 0 Å². The third-order valence-electron chi connectivity index (χ3n) is 7.36. The van der Waals surface area contributed by atoms with Crippen LogP contribution in [0.3, 0.4) is 0 Å². The lowest BCUT2D eigenvalue weighted by atomic mass is 10.3. The molecule has 6 rings (SSSR count). The van der Waals surface area contributed by atoms with E-state index in [1.807, 2.05) is 72.8 Å². The van der Waals surface area contributed by atoms with Gasteiger partial charge in [-0.25, -0.2) is 0 Å². The average Bonchev–Trinajstić information content (AvgIpc) is 3.10. The van der Waals surface area contributed by atoms with Gasteiger partial charge in [0.15, 0.2) is 0 Å². The van der Waals surface area contributed by atoms with E-state index in [1.165, 1.54) is 0 Å². The summed E-state index contributed by atoms with van der Waals surface area (Å²) < 4.78 is 5.70. The van der Waals surface area contributed by atoms with Crippen LogP contribution in [0.4, 0.5) is 11.4 Å². The van der Waals surface area contributed by atoms with Gasteiger partial charge in [0, 0.05) is 23.3 Å². The number of rotatable bonds is 8. The first-order valence-electron chi connectivity index (χ1n) is 14.2. The summed E-state index contributed by atoms with van der Waals surface area (Å²) in [6.45, 7) is 0. The minimum atomic E-state index is -2.95. The number of hydrogen-bond donors (Lipinski definition) is 1. The van der Waals surface area contributed by atoms with Crippen molar-refractivity contribution in [3.8, 4) is 6.07 Å². The van der Waals surface area contributed by atoms with Gasteiger partial charge in [0.05, 0.1) is 12.7 Å². The molecule has 0 spiro atoms. The minimum absolute atomic E-state index is 0.752. The Morgan fingerprint density at radius 1 is 0.465 bits per heavy atom. The molecule has 5 heteroatoms. The maximum Gasteiger partial charge on any atom is 0.104 e.